The second kappa shape index (κ2) is 12.1. The molecule has 0 fully saturated rings. The van der Waals surface area contributed by atoms with E-state index >= 15 is 0 Å². The average molecular weight is 498 g/mol. The van der Waals surface area contributed by atoms with E-state index < -0.39 is 23.2 Å². The Morgan fingerprint density at radius 2 is 1.57 bits per heavy atom. The predicted octanol–water partition coefficient (Wildman–Crippen LogP) is 2.27. The fourth-order valence-electron chi connectivity index (χ4n) is 3.63. The largest absolute Gasteiger partial charge is 0.612 e. The third-order valence-corrected chi connectivity index (χ3v) is 6.35. The molecule has 0 saturated heterocycles. The minimum absolute atomic E-state index is 0.160. The summed E-state index contributed by atoms with van der Waals surface area (Å²) in [5, 5.41) is 13.6. The van der Waals surface area contributed by atoms with E-state index in [1.807, 2.05) is 0 Å². The lowest BCUT2D eigenvalue weighted by molar-refractivity contribution is -0.707. The SMILES string of the molecule is COc1cc(OC)c(/C=C/[S+]([O-])Cc2ccc(OC)c(C(C(=O)[O-])[n+]3ccccc3)c2)c(OC)c1. The molecule has 35 heavy (non-hydrogen) atoms. The molecule has 1 aromatic heterocycles. The van der Waals surface area contributed by atoms with E-state index in [0.29, 0.717) is 39.7 Å². The molecule has 2 aromatic carbocycles. The lowest BCUT2D eigenvalue weighted by Gasteiger charge is -2.18. The number of nitrogens with zero attached hydrogens (tertiary/aromatic N) is 1. The molecule has 0 saturated carbocycles. The van der Waals surface area contributed by atoms with Gasteiger partial charge in [-0.2, -0.15) is 4.57 Å². The van der Waals surface area contributed by atoms with Gasteiger partial charge in [0.15, 0.2) is 12.4 Å². The maximum absolute atomic E-state index is 12.9. The van der Waals surface area contributed by atoms with Gasteiger partial charge in [-0.15, -0.1) is 0 Å². The van der Waals surface area contributed by atoms with Gasteiger partial charge >= 0.3 is 0 Å². The zero-order chi connectivity index (χ0) is 25.4. The van der Waals surface area contributed by atoms with Crippen molar-refractivity contribution in [3.63, 3.8) is 0 Å². The van der Waals surface area contributed by atoms with Crippen LogP contribution in [0.25, 0.3) is 6.08 Å². The van der Waals surface area contributed by atoms with Gasteiger partial charge in [-0.1, -0.05) is 12.1 Å². The van der Waals surface area contributed by atoms with E-state index in [0.717, 1.165) is 0 Å². The van der Waals surface area contributed by atoms with Crippen LogP contribution in [0, 0.1) is 0 Å². The molecule has 184 valence electrons. The quantitative estimate of drug-likeness (QED) is 0.296. The van der Waals surface area contributed by atoms with Gasteiger partial charge in [-0.05, 0) is 23.3 Å². The molecule has 2 atom stereocenters. The number of pyridine rings is 1. The summed E-state index contributed by atoms with van der Waals surface area (Å²) in [6, 6.07) is 12.7. The first-order valence-electron chi connectivity index (χ1n) is 10.6. The van der Waals surface area contributed by atoms with Crippen LogP contribution in [0.3, 0.4) is 0 Å². The highest BCUT2D eigenvalue weighted by Crippen LogP contribution is 2.35. The van der Waals surface area contributed by atoms with E-state index in [-0.39, 0.29) is 5.75 Å². The molecule has 0 radical (unpaired) electrons. The molecule has 0 N–H and O–H groups in total. The number of carboxylic acid groups (broad SMARTS) is 1. The van der Waals surface area contributed by atoms with Crippen molar-refractivity contribution in [2.75, 3.05) is 28.4 Å². The molecule has 3 aromatic rings. The van der Waals surface area contributed by atoms with Gasteiger partial charge in [-0.25, -0.2) is 0 Å². The first-order valence-corrected chi connectivity index (χ1v) is 12.0. The van der Waals surface area contributed by atoms with Gasteiger partial charge in [0.25, 0.3) is 0 Å². The molecule has 8 nitrogen and oxygen atoms in total. The lowest BCUT2D eigenvalue weighted by atomic mass is 10.0. The molecular weight excluding hydrogens is 470 g/mol. The van der Waals surface area contributed by atoms with Crippen LogP contribution in [0.15, 0.2) is 66.3 Å². The number of hydrogen-bond donors (Lipinski definition) is 0. The molecule has 0 aliphatic carbocycles. The Kier molecular flexibility index (Phi) is 8.99. The Hall–Kier alpha value is -3.69. The lowest BCUT2D eigenvalue weighted by Crippen LogP contribution is -2.49. The van der Waals surface area contributed by atoms with E-state index in [2.05, 4.69) is 0 Å². The van der Waals surface area contributed by atoms with Gasteiger partial charge in [0.2, 0.25) is 6.04 Å². The molecule has 2 unspecified atom stereocenters. The Balaban J connectivity index is 1.89. The molecule has 0 spiro atoms. The van der Waals surface area contributed by atoms with Crippen molar-refractivity contribution in [3.8, 4) is 23.0 Å². The van der Waals surface area contributed by atoms with Gasteiger partial charge in [-0.3, -0.25) is 0 Å². The molecule has 1 heterocycles. The fourth-order valence-corrected chi connectivity index (χ4v) is 4.53. The molecule has 9 heteroatoms. The molecular formula is C26H27NO7S. The summed E-state index contributed by atoms with van der Waals surface area (Å²) in [4.78, 5) is 12.0. The van der Waals surface area contributed by atoms with Crippen LogP contribution in [-0.2, 0) is 21.7 Å². The first-order chi connectivity index (χ1) is 16.9. The number of aromatic nitrogens is 1. The highest BCUT2D eigenvalue weighted by atomic mass is 32.2. The summed E-state index contributed by atoms with van der Waals surface area (Å²) in [6.45, 7) is 0. The zero-order valence-corrected chi connectivity index (χ0v) is 20.7. The summed E-state index contributed by atoms with van der Waals surface area (Å²) in [6.07, 6.45) is 4.95. The van der Waals surface area contributed by atoms with Crippen LogP contribution in [0.2, 0.25) is 0 Å². The number of ether oxygens (including phenoxy) is 4. The van der Waals surface area contributed by atoms with E-state index in [1.54, 1.807) is 79.5 Å². The Bertz CT molecular complexity index is 1160. The maximum Gasteiger partial charge on any atom is 0.226 e. The van der Waals surface area contributed by atoms with Crippen LogP contribution < -0.4 is 28.6 Å². The van der Waals surface area contributed by atoms with E-state index in [9.17, 15) is 14.5 Å². The van der Waals surface area contributed by atoms with E-state index in [1.165, 1.54) is 25.9 Å². The number of carbonyl (C=O) groups excluding carboxylic acids is 1. The van der Waals surface area contributed by atoms with E-state index in [4.69, 9.17) is 18.9 Å². The molecule has 0 aliphatic heterocycles. The van der Waals surface area contributed by atoms with Crippen LogP contribution >= 0.6 is 0 Å². The maximum atomic E-state index is 12.9. The van der Waals surface area contributed by atoms with Gasteiger partial charge < -0.3 is 33.4 Å². The highest BCUT2D eigenvalue weighted by molar-refractivity contribution is 7.93. The summed E-state index contributed by atoms with van der Waals surface area (Å²) in [7, 11) is 6.07. The minimum atomic E-state index is -1.42. The van der Waals surface area contributed by atoms with Gasteiger partial charge in [0.1, 0.15) is 40.1 Å². The van der Waals surface area contributed by atoms with Crippen LogP contribution in [0.1, 0.15) is 22.7 Å². The third-order valence-electron chi connectivity index (χ3n) is 5.30. The van der Waals surface area contributed by atoms with Crippen molar-refractivity contribution in [1.82, 2.24) is 0 Å². The average Bonchev–Trinajstić information content (AvgIpc) is 2.87. The summed E-state index contributed by atoms with van der Waals surface area (Å²) in [5.74, 6) is 0.870. The zero-order valence-electron chi connectivity index (χ0n) is 19.9. The van der Waals surface area contributed by atoms with Crippen molar-refractivity contribution in [2.45, 2.75) is 11.8 Å². The molecule has 0 bridgehead atoms. The van der Waals surface area contributed by atoms with Gasteiger partial charge in [0.05, 0.1) is 39.6 Å². The monoisotopic (exact) mass is 497 g/mol. The second-order valence-electron chi connectivity index (χ2n) is 7.39. The number of methoxy groups -OCH3 is 4. The highest BCUT2D eigenvalue weighted by Gasteiger charge is 2.27. The van der Waals surface area contributed by atoms with Crippen molar-refractivity contribution < 1.29 is 38.0 Å². The number of rotatable bonds is 11. The standard InChI is InChI=1S/C26H27NO7S/c1-31-19-15-23(33-3)20(24(16-19)34-4)10-13-35(30)17-18-8-9-22(32-2)21(14-18)25(26(28)29)27-11-6-5-7-12-27/h5-16,25H,17H2,1-4H3/b13-10+. The summed E-state index contributed by atoms with van der Waals surface area (Å²) < 4.78 is 35.9. The Morgan fingerprint density at radius 1 is 0.943 bits per heavy atom. The minimum Gasteiger partial charge on any atom is -0.612 e. The van der Waals surface area contributed by atoms with Crippen molar-refractivity contribution >= 4 is 23.2 Å². The Morgan fingerprint density at radius 3 is 2.11 bits per heavy atom. The number of hydrogen-bond acceptors (Lipinski definition) is 7. The first kappa shape index (κ1) is 25.9. The third kappa shape index (κ3) is 6.26. The molecule has 0 amide bonds. The van der Waals surface area contributed by atoms with Crippen molar-refractivity contribution in [2.24, 2.45) is 0 Å². The topological polar surface area (TPSA) is 104 Å². The number of aliphatic carboxylic acids is 1. The smallest absolute Gasteiger partial charge is 0.226 e. The normalized spacial score (nSPS) is 12.7. The van der Waals surface area contributed by atoms with Crippen molar-refractivity contribution in [1.29, 1.82) is 0 Å². The van der Waals surface area contributed by atoms with Crippen LogP contribution in [-0.4, -0.2) is 39.0 Å². The predicted molar refractivity (Wildman–Crippen MR) is 130 cm³/mol. The summed E-state index contributed by atoms with van der Waals surface area (Å²) >= 11 is -1.42. The number of carbonyl (C=O) groups is 1. The number of benzene rings is 2. The van der Waals surface area contributed by atoms with Crippen molar-refractivity contribution in [3.05, 3.63) is 83.0 Å². The number of carboxylic acids is 1. The Labute approximate surface area is 207 Å². The van der Waals surface area contributed by atoms with Gasteiger partial charge in [0, 0.05) is 35.9 Å². The molecule has 0 aliphatic rings. The molecule has 3 rings (SSSR count). The second-order valence-corrected chi connectivity index (χ2v) is 8.72. The summed E-state index contributed by atoms with van der Waals surface area (Å²) in [5.41, 5.74) is 1.71. The van der Waals surface area contributed by atoms with Crippen LogP contribution in [0.5, 0.6) is 23.0 Å². The van der Waals surface area contributed by atoms with Crippen LogP contribution in [0.4, 0.5) is 0 Å². The fraction of sp³-hybridized carbons (Fsp3) is 0.231.